The topological polar surface area (TPSA) is 41.1 Å². The third-order valence-corrected chi connectivity index (χ3v) is 4.63. The van der Waals surface area contributed by atoms with Crippen molar-refractivity contribution in [3.8, 4) is 0 Å². The van der Waals surface area contributed by atoms with Crippen LogP contribution >= 0.6 is 27.5 Å². The Hall–Kier alpha value is -0.580. The molecule has 1 heterocycles. The summed E-state index contributed by atoms with van der Waals surface area (Å²) in [6.45, 7) is 3.13. The van der Waals surface area contributed by atoms with Gasteiger partial charge in [0.15, 0.2) is 0 Å². The van der Waals surface area contributed by atoms with E-state index in [1.165, 1.54) is 0 Å². The molecule has 1 saturated heterocycles. The quantitative estimate of drug-likeness (QED) is 0.866. The van der Waals surface area contributed by atoms with Gasteiger partial charge >= 0.3 is 0 Å². The van der Waals surface area contributed by atoms with Crippen molar-refractivity contribution in [2.24, 2.45) is 0 Å². The van der Waals surface area contributed by atoms with Gasteiger partial charge in [0, 0.05) is 28.0 Å². The molecule has 0 radical (unpaired) electrons. The summed E-state index contributed by atoms with van der Waals surface area (Å²) >= 11 is 9.46. The second-order valence-corrected chi connectivity index (χ2v) is 6.67. The largest absolute Gasteiger partial charge is 0.353 e. The predicted octanol–water partition coefficient (Wildman–Crippen LogP) is 3.29. The molecular weight excluding hydrogens is 340 g/mol. The molecule has 20 heavy (non-hydrogen) atoms. The Kier molecular flexibility index (Phi) is 5.87. The minimum Gasteiger partial charge on any atom is -0.353 e. The fourth-order valence-electron chi connectivity index (χ4n) is 2.55. The average molecular weight is 360 g/mol. The van der Waals surface area contributed by atoms with Gasteiger partial charge in [0.05, 0.1) is 0 Å². The van der Waals surface area contributed by atoms with Crippen molar-refractivity contribution >= 4 is 33.4 Å². The number of nitrogens with one attached hydrogen (secondary N) is 2. The van der Waals surface area contributed by atoms with E-state index >= 15 is 0 Å². The number of aryl methyl sites for hydroxylation is 1. The molecule has 2 atom stereocenters. The van der Waals surface area contributed by atoms with E-state index in [0.29, 0.717) is 29.9 Å². The molecular formula is C15H20BrClN2O. The Morgan fingerprint density at radius 3 is 3.10 bits per heavy atom. The van der Waals surface area contributed by atoms with E-state index < -0.39 is 0 Å². The molecule has 5 heteroatoms. The molecule has 1 fully saturated rings. The van der Waals surface area contributed by atoms with E-state index in [9.17, 15) is 4.79 Å². The molecule has 1 aliphatic heterocycles. The lowest BCUT2D eigenvalue weighted by atomic mass is 10.0. The van der Waals surface area contributed by atoms with Gasteiger partial charge in [-0.05, 0) is 56.5 Å². The fourth-order valence-corrected chi connectivity index (χ4v) is 3.19. The van der Waals surface area contributed by atoms with Crippen molar-refractivity contribution in [2.45, 2.75) is 44.7 Å². The predicted molar refractivity (Wildman–Crippen MR) is 86.1 cm³/mol. The van der Waals surface area contributed by atoms with Crippen molar-refractivity contribution in [1.29, 1.82) is 0 Å². The lowest BCUT2D eigenvalue weighted by molar-refractivity contribution is -0.122. The Labute approximate surface area is 133 Å². The molecule has 2 rings (SSSR count). The monoisotopic (exact) mass is 358 g/mol. The second kappa shape index (κ2) is 7.43. The van der Waals surface area contributed by atoms with Crippen LogP contribution in [-0.2, 0) is 11.2 Å². The Balaban J connectivity index is 1.81. The van der Waals surface area contributed by atoms with Crippen molar-refractivity contribution in [3.63, 3.8) is 0 Å². The summed E-state index contributed by atoms with van der Waals surface area (Å²) < 4.78 is 1.00. The van der Waals surface area contributed by atoms with Crippen molar-refractivity contribution < 1.29 is 4.79 Å². The number of hydrogen-bond acceptors (Lipinski definition) is 2. The van der Waals surface area contributed by atoms with E-state index in [1.807, 2.05) is 18.2 Å². The first-order chi connectivity index (χ1) is 9.54. The van der Waals surface area contributed by atoms with Crippen molar-refractivity contribution in [1.82, 2.24) is 10.6 Å². The first-order valence-corrected chi connectivity index (χ1v) is 8.18. The van der Waals surface area contributed by atoms with Crippen LogP contribution in [-0.4, -0.2) is 24.5 Å². The standard InChI is InChI=1S/C15H20BrClN2O/c1-10-8-13(6-7-18-10)19-15(20)5-2-11-9-12(17)3-4-14(11)16/h3-4,9-10,13,18H,2,5-8H2,1H3,(H,19,20). The minimum atomic E-state index is 0.121. The van der Waals surface area contributed by atoms with Gasteiger partial charge in [0.25, 0.3) is 0 Å². The zero-order chi connectivity index (χ0) is 14.5. The molecule has 1 aliphatic rings. The number of hydrogen-bond donors (Lipinski definition) is 2. The van der Waals surface area contributed by atoms with Gasteiger partial charge in [-0.25, -0.2) is 0 Å². The third-order valence-electron chi connectivity index (χ3n) is 3.62. The number of halogens is 2. The first-order valence-electron chi connectivity index (χ1n) is 7.01. The number of benzene rings is 1. The lowest BCUT2D eigenvalue weighted by Gasteiger charge is -2.28. The molecule has 2 unspecified atom stereocenters. The van der Waals surface area contributed by atoms with Crippen LogP contribution in [0.1, 0.15) is 31.7 Å². The smallest absolute Gasteiger partial charge is 0.220 e. The SMILES string of the molecule is CC1CC(NC(=O)CCc2cc(Cl)ccc2Br)CCN1. The van der Waals surface area contributed by atoms with Crippen LogP contribution in [0.3, 0.4) is 0 Å². The molecule has 1 amide bonds. The lowest BCUT2D eigenvalue weighted by Crippen LogP contribution is -2.46. The van der Waals surface area contributed by atoms with Gasteiger partial charge in [0.2, 0.25) is 5.91 Å². The average Bonchev–Trinajstić information content (AvgIpc) is 2.40. The van der Waals surface area contributed by atoms with Crippen molar-refractivity contribution in [2.75, 3.05) is 6.54 Å². The van der Waals surface area contributed by atoms with Gasteiger partial charge in [-0.1, -0.05) is 27.5 Å². The fraction of sp³-hybridized carbons (Fsp3) is 0.533. The van der Waals surface area contributed by atoms with Crippen molar-refractivity contribution in [3.05, 3.63) is 33.3 Å². The molecule has 0 aliphatic carbocycles. The minimum absolute atomic E-state index is 0.121. The molecule has 0 bridgehead atoms. The molecule has 110 valence electrons. The Morgan fingerprint density at radius 2 is 2.35 bits per heavy atom. The summed E-state index contributed by atoms with van der Waals surface area (Å²) in [6, 6.07) is 6.46. The number of carbonyl (C=O) groups excluding carboxylic acids is 1. The summed E-state index contributed by atoms with van der Waals surface area (Å²) in [5.74, 6) is 0.121. The number of amides is 1. The summed E-state index contributed by atoms with van der Waals surface area (Å²) in [7, 11) is 0. The second-order valence-electron chi connectivity index (χ2n) is 5.38. The van der Waals surface area contributed by atoms with Gasteiger partial charge in [-0.2, -0.15) is 0 Å². The van der Waals surface area contributed by atoms with Gasteiger partial charge in [-0.3, -0.25) is 4.79 Å². The third kappa shape index (κ3) is 4.76. The zero-order valence-electron chi connectivity index (χ0n) is 11.6. The van der Waals surface area contributed by atoms with Gasteiger partial charge in [0.1, 0.15) is 0 Å². The van der Waals surface area contributed by atoms with E-state index in [-0.39, 0.29) is 5.91 Å². The highest BCUT2D eigenvalue weighted by atomic mass is 79.9. The molecule has 0 spiro atoms. The van der Waals surface area contributed by atoms with E-state index in [0.717, 1.165) is 29.4 Å². The molecule has 1 aromatic rings. The molecule has 0 saturated carbocycles. The van der Waals surface area contributed by atoms with Crippen LogP contribution in [0.5, 0.6) is 0 Å². The van der Waals surface area contributed by atoms with Crippen LogP contribution in [0.25, 0.3) is 0 Å². The highest BCUT2D eigenvalue weighted by Crippen LogP contribution is 2.22. The Morgan fingerprint density at radius 1 is 1.55 bits per heavy atom. The van der Waals surface area contributed by atoms with E-state index in [1.54, 1.807) is 0 Å². The summed E-state index contributed by atoms with van der Waals surface area (Å²) in [5.41, 5.74) is 1.08. The van der Waals surface area contributed by atoms with E-state index in [2.05, 4.69) is 33.5 Å². The summed E-state index contributed by atoms with van der Waals surface area (Å²) in [5, 5.41) is 7.22. The molecule has 2 N–H and O–H groups in total. The molecule has 1 aromatic carbocycles. The van der Waals surface area contributed by atoms with Crippen LogP contribution in [0.4, 0.5) is 0 Å². The Bertz CT molecular complexity index is 481. The number of piperidine rings is 1. The van der Waals surface area contributed by atoms with E-state index in [4.69, 9.17) is 11.6 Å². The highest BCUT2D eigenvalue weighted by Gasteiger charge is 2.19. The first kappa shape index (κ1) is 15.8. The summed E-state index contributed by atoms with van der Waals surface area (Å²) in [4.78, 5) is 12.0. The van der Waals surface area contributed by atoms with Gasteiger partial charge in [-0.15, -0.1) is 0 Å². The number of rotatable bonds is 4. The van der Waals surface area contributed by atoms with Crippen LogP contribution in [0.2, 0.25) is 5.02 Å². The normalized spacial score (nSPS) is 22.6. The maximum Gasteiger partial charge on any atom is 0.220 e. The van der Waals surface area contributed by atoms with Crippen LogP contribution in [0, 0.1) is 0 Å². The summed E-state index contributed by atoms with van der Waals surface area (Å²) in [6.07, 6.45) is 3.22. The molecule has 3 nitrogen and oxygen atoms in total. The van der Waals surface area contributed by atoms with Gasteiger partial charge < -0.3 is 10.6 Å². The molecule has 0 aromatic heterocycles. The number of carbonyl (C=O) groups is 1. The highest BCUT2D eigenvalue weighted by molar-refractivity contribution is 9.10. The maximum atomic E-state index is 12.0. The zero-order valence-corrected chi connectivity index (χ0v) is 13.9. The maximum absolute atomic E-state index is 12.0. The van der Waals surface area contributed by atoms with Crippen LogP contribution < -0.4 is 10.6 Å². The van der Waals surface area contributed by atoms with Crippen LogP contribution in [0.15, 0.2) is 22.7 Å².